The molecule has 0 spiro atoms. The fourth-order valence-corrected chi connectivity index (χ4v) is 3.15. The van der Waals surface area contributed by atoms with Crippen molar-refractivity contribution in [2.75, 3.05) is 0 Å². The number of nitrogens with zero attached hydrogens (tertiary/aromatic N) is 1. The maximum absolute atomic E-state index is 13.0. The molecule has 1 aromatic carbocycles. The summed E-state index contributed by atoms with van der Waals surface area (Å²) >= 11 is 1.93. The fraction of sp³-hybridized carbons (Fsp3) is 0.429. The maximum atomic E-state index is 13.0. The third-order valence-corrected chi connectivity index (χ3v) is 4.86. The number of hydrogen-bond donors (Lipinski definition) is 0. The number of benzene rings is 1. The number of ketones is 1. The first-order valence-electron chi connectivity index (χ1n) is 6.32. The molecule has 0 amide bonds. The highest BCUT2D eigenvalue weighted by atomic mass is 127. The Morgan fingerprint density at radius 3 is 2.40 bits per heavy atom. The van der Waals surface area contributed by atoms with Crippen molar-refractivity contribution in [3.63, 3.8) is 0 Å². The van der Waals surface area contributed by atoms with Crippen LogP contribution in [0.5, 0.6) is 0 Å². The van der Waals surface area contributed by atoms with Gasteiger partial charge < -0.3 is 0 Å². The van der Waals surface area contributed by atoms with E-state index in [1.54, 1.807) is 0 Å². The Labute approximate surface area is 127 Å². The first-order valence-corrected chi connectivity index (χ1v) is 7.40. The molecular formula is C14H11F3INO. The lowest BCUT2D eigenvalue weighted by molar-refractivity contribution is -0.156. The third kappa shape index (κ3) is 2.08. The number of hydrogen-bond acceptors (Lipinski definition) is 2. The summed E-state index contributed by atoms with van der Waals surface area (Å²) in [6, 6.07) is 4.30. The molecule has 0 radical (unpaired) electrons. The van der Waals surface area contributed by atoms with Gasteiger partial charge in [-0.25, -0.2) is 0 Å². The largest absolute Gasteiger partial charge is 0.422 e. The highest BCUT2D eigenvalue weighted by molar-refractivity contribution is 14.1. The van der Waals surface area contributed by atoms with E-state index in [1.165, 1.54) is 18.2 Å². The summed E-state index contributed by atoms with van der Waals surface area (Å²) in [5, 5.41) is 0. The summed E-state index contributed by atoms with van der Waals surface area (Å²) in [5.74, 6) is 0.0908. The quantitative estimate of drug-likeness (QED) is 0.562. The Hall–Kier alpha value is -0.920. The predicted molar refractivity (Wildman–Crippen MR) is 77.1 cm³/mol. The zero-order valence-electron chi connectivity index (χ0n) is 10.4. The van der Waals surface area contributed by atoms with Crippen molar-refractivity contribution >= 4 is 34.6 Å². The number of alkyl halides is 3. The lowest BCUT2D eigenvalue weighted by Crippen LogP contribution is -2.32. The van der Waals surface area contributed by atoms with Crippen LogP contribution in [0.2, 0.25) is 0 Å². The Morgan fingerprint density at radius 2 is 2.00 bits per heavy atom. The second kappa shape index (κ2) is 4.54. The average molecular weight is 393 g/mol. The predicted octanol–water partition coefficient (Wildman–Crippen LogP) is 4.12. The van der Waals surface area contributed by atoms with Crippen LogP contribution < -0.4 is 0 Å². The van der Waals surface area contributed by atoms with Gasteiger partial charge in [-0.05, 0) is 53.1 Å². The van der Waals surface area contributed by atoms with Crippen LogP contribution >= 0.6 is 22.6 Å². The first-order chi connectivity index (χ1) is 9.35. The Kier molecular flexibility index (Phi) is 3.19. The highest BCUT2D eigenvalue weighted by Crippen LogP contribution is 2.48. The van der Waals surface area contributed by atoms with E-state index >= 15 is 0 Å². The normalized spacial score (nSPS) is 25.4. The van der Waals surface area contributed by atoms with Gasteiger partial charge in [0.2, 0.25) is 5.54 Å². The van der Waals surface area contributed by atoms with Crippen LogP contribution in [0.4, 0.5) is 13.2 Å². The standard InChI is InChI=1S/C14H11F3INO/c15-14(16,17)13(7-19-13)9-4-5-10(11(18)6-9)12(20)8-2-1-3-8/h4-8H,1-3H2. The number of carbonyl (C=O) groups is 1. The van der Waals surface area contributed by atoms with Crippen LogP contribution in [0.15, 0.2) is 23.2 Å². The van der Waals surface area contributed by atoms with E-state index in [-0.39, 0.29) is 17.3 Å². The van der Waals surface area contributed by atoms with E-state index < -0.39 is 11.7 Å². The van der Waals surface area contributed by atoms with Crippen molar-refractivity contribution in [1.82, 2.24) is 0 Å². The molecule has 1 heterocycles. The number of aliphatic imine (C=N–C) groups is 1. The molecule has 1 aromatic rings. The molecule has 1 fully saturated rings. The molecule has 1 saturated carbocycles. The summed E-state index contributed by atoms with van der Waals surface area (Å²) in [6.45, 7) is 0. The lowest BCUT2D eigenvalue weighted by atomic mass is 9.79. The molecule has 1 atom stereocenters. The van der Waals surface area contributed by atoms with Gasteiger partial charge in [-0.1, -0.05) is 12.5 Å². The van der Waals surface area contributed by atoms with Gasteiger partial charge in [0.15, 0.2) is 5.78 Å². The molecule has 0 bridgehead atoms. The van der Waals surface area contributed by atoms with Crippen molar-refractivity contribution < 1.29 is 18.0 Å². The number of Topliss-reactive ketones (excluding diaryl/α,β-unsaturated/α-hetero) is 1. The van der Waals surface area contributed by atoms with Crippen LogP contribution in [0.3, 0.4) is 0 Å². The summed E-state index contributed by atoms with van der Waals surface area (Å²) in [7, 11) is 0. The summed E-state index contributed by atoms with van der Waals surface area (Å²) < 4.78 is 39.5. The average Bonchev–Trinajstić information content (AvgIpc) is 3.06. The number of halogens is 4. The van der Waals surface area contributed by atoms with Gasteiger partial charge in [0.25, 0.3) is 0 Å². The van der Waals surface area contributed by atoms with Gasteiger partial charge in [0.1, 0.15) is 0 Å². The zero-order chi connectivity index (χ0) is 14.5. The molecule has 0 N–H and O–H groups in total. The molecule has 1 aliphatic carbocycles. The fourth-order valence-electron chi connectivity index (χ4n) is 2.37. The molecule has 3 rings (SSSR count). The first kappa shape index (κ1) is 14.0. The molecule has 0 saturated heterocycles. The summed E-state index contributed by atoms with van der Waals surface area (Å²) in [6.07, 6.45) is -0.698. The van der Waals surface area contributed by atoms with Crippen LogP contribution in [0, 0.1) is 9.49 Å². The lowest BCUT2D eigenvalue weighted by Gasteiger charge is -2.25. The Bertz CT molecular complexity index is 599. The van der Waals surface area contributed by atoms with Gasteiger partial charge in [0.05, 0.1) is 0 Å². The maximum Gasteiger partial charge on any atom is 0.422 e. The van der Waals surface area contributed by atoms with Gasteiger partial charge >= 0.3 is 6.18 Å². The molecule has 0 aromatic heterocycles. The zero-order valence-corrected chi connectivity index (χ0v) is 12.5. The van der Waals surface area contributed by atoms with Crippen molar-refractivity contribution in [2.24, 2.45) is 10.9 Å². The highest BCUT2D eigenvalue weighted by Gasteiger charge is 2.61. The van der Waals surface area contributed by atoms with Gasteiger partial charge in [0, 0.05) is 21.3 Å². The topological polar surface area (TPSA) is 29.4 Å². The van der Waals surface area contributed by atoms with Crippen molar-refractivity contribution in [3.05, 3.63) is 32.9 Å². The second-order valence-electron chi connectivity index (χ2n) is 5.21. The monoisotopic (exact) mass is 393 g/mol. The Balaban J connectivity index is 1.90. The van der Waals surface area contributed by atoms with Crippen LogP contribution in [-0.4, -0.2) is 18.2 Å². The molecule has 2 nitrogen and oxygen atoms in total. The molecule has 2 aliphatic rings. The van der Waals surface area contributed by atoms with Crippen LogP contribution in [-0.2, 0) is 5.54 Å². The molecule has 20 heavy (non-hydrogen) atoms. The van der Waals surface area contributed by atoms with E-state index in [0.717, 1.165) is 25.5 Å². The minimum Gasteiger partial charge on any atom is -0.294 e. The van der Waals surface area contributed by atoms with E-state index in [0.29, 0.717) is 9.13 Å². The van der Waals surface area contributed by atoms with E-state index in [9.17, 15) is 18.0 Å². The summed E-state index contributed by atoms with van der Waals surface area (Å²) in [5.41, 5.74) is -1.55. The minimum atomic E-state index is -4.42. The number of rotatable bonds is 3. The van der Waals surface area contributed by atoms with Crippen molar-refractivity contribution in [2.45, 2.75) is 31.0 Å². The smallest absolute Gasteiger partial charge is 0.294 e. The summed E-state index contributed by atoms with van der Waals surface area (Å²) in [4.78, 5) is 15.6. The molecule has 1 unspecified atom stereocenters. The minimum absolute atomic E-state index is 0.0446. The van der Waals surface area contributed by atoms with Crippen LogP contribution in [0.25, 0.3) is 0 Å². The third-order valence-electron chi connectivity index (χ3n) is 3.97. The SMILES string of the molecule is O=C(c1ccc(C2(C(F)(F)F)C=N2)cc1I)C1CCC1. The Morgan fingerprint density at radius 1 is 1.35 bits per heavy atom. The van der Waals surface area contributed by atoms with Gasteiger partial charge in [-0.2, -0.15) is 13.2 Å². The van der Waals surface area contributed by atoms with Gasteiger partial charge in [-0.3, -0.25) is 9.79 Å². The molecule has 106 valence electrons. The van der Waals surface area contributed by atoms with E-state index in [4.69, 9.17) is 0 Å². The van der Waals surface area contributed by atoms with Crippen LogP contribution in [0.1, 0.15) is 35.2 Å². The molecule has 1 aliphatic heterocycles. The van der Waals surface area contributed by atoms with Gasteiger partial charge in [-0.15, -0.1) is 0 Å². The van der Waals surface area contributed by atoms with Crippen molar-refractivity contribution in [1.29, 1.82) is 0 Å². The van der Waals surface area contributed by atoms with E-state index in [1.807, 2.05) is 22.6 Å². The molecular weight excluding hydrogens is 382 g/mol. The van der Waals surface area contributed by atoms with Crippen molar-refractivity contribution in [3.8, 4) is 0 Å². The molecule has 6 heteroatoms. The number of carbonyl (C=O) groups excluding carboxylic acids is 1. The second-order valence-corrected chi connectivity index (χ2v) is 6.37. The van der Waals surface area contributed by atoms with E-state index in [2.05, 4.69) is 4.99 Å².